The number of nitrogens with two attached hydrogens (primary N) is 1. The Kier molecular flexibility index (Phi) is 12.1. The fraction of sp³-hybridized carbons (Fsp3) is 0.484. The first kappa shape index (κ1) is 43.1. The van der Waals surface area contributed by atoms with Gasteiger partial charge in [0.25, 0.3) is 0 Å². The zero-order valence-corrected chi connectivity index (χ0v) is 32.7. The van der Waals surface area contributed by atoms with Gasteiger partial charge >= 0.3 is 38.5 Å². The fourth-order valence-corrected chi connectivity index (χ4v) is 8.33. The molecule has 314 valence electrons. The number of anilines is 1. The van der Waals surface area contributed by atoms with Crippen LogP contribution in [-0.2, 0) is 33.8 Å². The summed E-state index contributed by atoms with van der Waals surface area (Å²) < 4.78 is 47.9. The number of imidazole rings is 1. The molecule has 3 aliphatic heterocycles. The van der Waals surface area contributed by atoms with Crippen LogP contribution >= 0.6 is 15.6 Å². The molecule has 58 heavy (non-hydrogen) atoms. The molecule has 0 saturated carbocycles. The zero-order valence-electron chi connectivity index (χ0n) is 31.0. The maximum absolute atomic E-state index is 13.4. The molecule has 0 amide bonds. The number of aromatic nitrogens is 8. The summed E-state index contributed by atoms with van der Waals surface area (Å²) >= 11 is 0. The molecule has 9 unspecified atom stereocenters. The third-order valence-corrected chi connectivity index (χ3v) is 11.9. The molecule has 0 radical (unpaired) electrons. The Hall–Kier alpha value is -4.46. The van der Waals surface area contributed by atoms with Gasteiger partial charge in [-0.25, -0.2) is 33.7 Å². The summed E-state index contributed by atoms with van der Waals surface area (Å²) in [4.78, 5) is 77.0. The van der Waals surface area contributed by atoms with E-state index in [9.17, 15) is 58.8 Å². The fourth-order valence-electron chi connectivity index (χ4n) is 6.23. The molecule has 10 N–H and O–H groups in total. The van der Waals surface area contributed by atoms with E-state index in [2.05, 4.69) is 28.8 Å². The second-order valence-corrected chi connectivity index (χ2v) is 16.8. The van der Waals surface area contributed by atoms with Gasteiger partial charge in [0.05, 0.1) is 32.0 Å². The van der Waals surface area contributed by atoms with Crippen LogP contribution in [0, 0.1) is 19.8 Å². The standard InChI is InChI=1S/C31H39N9O16P2/c1-12(2)29(47)40-16-6-14(4)13(3)5-15(16)38(27-21(40)28(46)37-31(48)36-27)7-17(41)22(43)18(42)8-53-57(49,50)56-58(51,52)54-9-19-23(44)24(45)30(55-19)39-11-35-20-25(32)33-10-34-26(20)39/h5-6,10-12,17-19,22-24,30,41-45H,7-9H2,1-4H3,(H4-,32,33,34,37,46,48,49,50,51,52)/p+1. The first-order valence-electron chi connectivity index (χ1n) is 17.3. The molecule has 2 aromatic heterocycles. The number of nitrogen functional groups attached to an aromatic ring is 1. The van der Waals surface area contributed by atoms with Crippen LogP contribution in [-0.4, -0.2) is 125 Å². The smallest absolute Gasteiger partial charge is 0.388 e. The number of hydrogen-bond donors (Lipinski definition) is 9. The summed E-state index contributed by atoms with van der Waals surface area (Å²) in [5.74, 6) is -1.47. The molecule has 27 heteroatoms. The van der Waals surface area contributed by atoms with E-state index in [0.717, 1.165) is 10.9 Å². The van der Waals surface area contributed by atoms with Crippen LogP contribution in [0.25, 0.3) is 33.7 Å². The predicted molar refractivity (Wildman–Crippen MR) is 195 cm³/mol. The lowest BCUT2D eigenvalue weighted by atomic mass is 10.0. The van der Waals surface area contributed by atoms with Crippen LogP contribution in [0.3, 0.4) is 0 Å². The Morgan fingerprint density at radius 1 is 1.02 bits per heavy atom. The number of aromatic amines is 1. The Morgan fingerprint density at radius 3 is 2.38 bits per heavy atom. The molecule has 3 aliphatic rings. The number of fused-ring (bicyclic) bond motifs is 3. The number of ether oxygens (including phenoxy) is 1. The number of carbonyl (C=O) groups is 1. The van der Waals surface area contributed by atoms with Crippen molar-refractivity contribution in [1.82, 2.24) is 34.1 Å². The number of hydrogen-bond acceptors (Lipinski definition) is 19. The molecule has 1 fully saturated rings. The number of H-pyrrole nitrogens is 1. The Bertz CT molecular complexity index is 2560. The van der Waals surface area contributed by atoms with Crippen molar-refractivity contribution in [3.63, 3.8) is 0 Å². The van der Waals surface area contributed by atoms with Crippen LogP contribution in [0.4, 0.5) is 5.82 Å². The van der Waals surface area contributed by atoms with E-state index < -0.39 is 101 Å². The number of aliphatic hydroxyl groups is 5. The molecule has 9 atom stereocenters. The quantitative estimate of drug-likeness (QED) is 0.0324. The molecule has 5 heterocycles. The molecule has 0 aliphatic carbocycles. The van der Waals surface area contributed by atoms with Crippen LogP contribution in [0.1, 0.15) is 36.0 Å². The number of phosphoric ester groups is 2. The maximum Gasteiger partial charge on any atom is 0.481 e. The number of nitrogens with zero attached hydrogens (tertiary/aromatic N) is 7. The normalized spacial score (nSPS) is 22.3. The van der Waals surface area contributed by atoms with E-state index in [1.807, 2.05) is 4.98 Å². The summed E-state index contributed by atoms with van der Waals surface area (Å²) in [5, 5.41) is 53.7. The Morgan fingerprint density at radius 2 is 1.69 bits per heavy atom. The van der Waals surface area contributed by atoms with Gasteiger partial charge in [0.2, 0.25) is 11.3 Å². The number of aryl methyl sites for hydroxylation is 2. The minimum atomic E-state index is -5.59. The van der Waals surface area contributed by atoms with Crippen LogP contribution < -0.4 is 21.5 Å². The largest absolute Gasteiger partial charge is 0.481 e. The molecular formula is C31H40N9O16P2+. The second kappa shape index (κ2) is 16.3. The van der Waals surface area contributed by atoms with Crippen LogP contribution in [0.15, 0.2) is 34.4 Å². The summed E-state index contributed by atoms with van der Waals surface area (Å²) in [7, 11) is -11.1. The molecule has 3 aromatic rings. The van der Waals surface area contributed by atoms with Crippen molar-refractivity contribution in [3.8, 4) is 11.5 Å². The number of benzene rings is 1. The van der Waals surface area contributed by atoms with Crippen molar-refractivity contribution in [2.45, 2.75) is 77.1 Å². The average molecular weight is 857 g/mol. The highest BCUT2D eigenvalue weighted by Gasteiger charge is 2.46. The van der Waals surface area contributed by atoms with E-state index in [1.54, 1.807) is 39.8 Å². The summed E-state index contributed by atoms with van der Waals surface area (Å²) in [5.41, 5.74) is 5.48. The first-order valence-corrected chi connectivity index (χ1v) is 20.3. The Labute approximate surface area is 325 Å². The Balaban J connectivity index is 1.12. The third-order valence-electron chi connectivity index (χ3n) is 9.34. The van der Waals surface area contributed by atoms with E-state index >= 15 is 0 Å². The van der Waals surface area contributed by atoms with Gasteiger partial charge in [-0.1, -0.05) is 0 Å². The number of rotatable bonds is 14. The minimum Gasteiger partial charge on any atom is -0.388 e. The lowest BCUT2D eigenvalue weighted by Gasteiger charge is -2.26. The van der Waals surface area contributed by atoms with Crippen molar-refractivity contribution in [2.75, 3.05) is 18.9 Å². The van der Waals surface area contributed by atoms with Crippen molar-refractivity contribution >= 4 is 49.6 Å². The van der Waals surface area contributed by atoms with Gasteiger partial charge in [0, 0.05) is 6.07 Å². The number of nitrogens with one attached hydrogen (secondary N) is 1. The zero-order chi connectivity index (χ0) is 42.6. The highest BCUT2D eigenvalue weighted by atomic mass is 31.3. The monoisotopic (exact) mass is 856 g/mol. The second-order valence-electron chi connectivity index (χ2n) is 13.8. The highest BCUT2D eigenvalue weighted by Crippen LogP contribution is 2.60. The highest BCUT2D eigenvalue weighted by molar-refractivity contribution is 7.61. The number of aliphatic hydroxyl groups excluding tert-OH is 5. The van der Waals surface area contributed by atoms with E-state index in [1.165, 1.54) is 15.5 Å². The van der Waals surface area contributed by atoms with Gasteiger partial charge in [-0.05, 0) is 44.9 Å². The summed E-state index contributed by atoms with van der Waals surface area (Å²) in [6, 6.07) is 3.21. The minimum absolute atomic E-state index is 0.0216. The lowest BCUT2D eigenvalue weighted by Crippen LogP contribution is -2.53. The molecule has 25 nitrogen and oxygen atoms in total. The van der Waals surface area contributed by atoms with Gasteiger partial charge in [-0.3, -0.25) is 23.4 Å². The molecule has 0 bridgehead atoms. The molecule has 0 spiro atoms. The topological polar surface area (TPSA) is 371 Å². The molecule has 6 rings (SSSR count). The molecule has 1 saturated heterocycles. The summed E-state index contributed by atoms with van der Waals surface area (Å²) in [6.07, 6.45) is -10.2. The number of carbonyl (C=O) groups excluding carboxylic acids is 1. The van der Waals surface area contributed by atoms with E-state index in [-0.39, 0.29) is 39.5 Å². The van der Waals surface area contributed by atoms with Gasteiger partial charge in [-0.15, -0.1) is 4.57 Å². The van der Waals surface area contributed by atoms with Gasteiger partial charge < -0.3 is 50.4 Å². The van der Waals surface area contributed by atoms with Crippen molar-refractivity contribution in [3.05, 3.63) is 56.8 Å². The van der Waals surface area contributed by atoms with Crippen molar-refractivity contribution in [2.24, 2.45) is 5.92 Å². The van der Waals surface area contributed by atoms with Crippen LogP contribution in [0.2, 0.25) is 0 Å². The van der Waals surface area contributed by atoms with E-state index in [0.29, 0.717) is 11.1 Å². The van der Waals surface area contributed by atoms with E-state index in [4.69, 9.17) is 15.0 Å². The SMILES string of the molecule is Cc1cc2c(cc1C)[n+](C(=O)C(C)C)c1c(=O)[nH]c(=O)nc-1n2CC(O)C(O)C(O)COP(=O)(O)OP(=O)(O)OCC1OC(n2cnc3c(N)ncnc32)C(O)C1O. The van der Waals surface area contributed by atoms with Crippen molar-refractivity contribution in [1.29, 1.82) is 0 Å². The predicted octanol–water partition coefficient (Wildman–Crippen LogP) is -2.24. The maximum atomic E-state index is 13.4. The first-order chi connectivity index (χ1) is 27.1. The average Bonchev–Trinajstić information content (AvgIpc) is 3.70. The third kappa shape index (κ3) is 8.49. The summed E-state index contributed by atoms with van der Waals surface area (Å²) in [6.45, 7) is 3.77. The van der Waals surface area contributed by atoms with Gasteiger partial charge in [-0.2, -0.15) is 9.29 Å². The lowest BCUT2D eigenvalue weighted by molar-refractivity contribution is -0.539. The van der Waals surface area contributed by atoms with Crippen molar-refractivity contribution < 1.29 is 71.9 Å². The molecular weight excluding hydrogens is 816 g/mol. The molecule has 1 aromatic carbocycles. The van der Waals surface area contributed by atoms with Gasteiger partial charge in [0.1, 0.15) is 54.0 Å². The number of phosphoric acid groups is 2. The van der Waals surface area contributed by atoms with Crippen LogP contribution in [0.5, 0.6) is 0 Å². The van der Waals surface area contributed by atoms with Gasteiger partial charge in [0.15, 0.2) is 17.7 Å².